The first-order valence-electron chi connectivity index (χ1n) is 8.80. The van der Waals surface area contributed by atoms with Gasteiger partial charge in [0.25, 0.3) is 0 Å². The second-order valence-electron chi connectivity index (χ2n) is 7.09. The van der Waals surface area contributed by atoms with Gasteiger partial charge in [-0.1, -0.05) is 30.3 Å². The largest absolute Gasteiger partial charge is 0.397 e. The van der Waals surface area contributed by atoms with Crippen molar-refractivity contribution in [2.45, 2.75) is 50.4 Å². The van der Waals surface area contributed by atoms with E-state index in [4.69, 9.17) is 5.73 Å². The van der Waals surface area contributed by atoms with E-state index >= 15 is 0 Å². The van der Waals surface area contributed by atoms with Gasteiger partial charge in [0.2, 0.25) is 0 Å². The molecule has 0 saturated carbocycles. The molecule has 126 valence electrons. The molecule has 1 unspecified atom stereocenters. The minimum absolute atomic E-state index is 0.282. The van der Waals surface area contributed by atoms with Gasteiger partial charge in [-0.2, -0.15) is 0 Å². The van der Waals surface area contributed by atoms with Crippen LogP contribution in [0.2, 0.25) is 0 Å². The maximum atomic E-state index is 13.2. The molecule has 2 heterocycles. The lowest BCUT2D eigenvalue weighted by molar-refractivity contribution is 0.124. The lowest BCUT2D eigenvalue weighted by Crippen LogP contribution is -2.46. The molecule has 2 bridgehead atoms. The fraction of sp³-hybridized carbons (Fsp3) is 0.400. The van der Waals surface area contributed by atoms with E-state index in [1.165, 1.54) is 30.5 Å². The van der Waals surface area contributed by atoms with Crippen LogP contribution in [0.5, 0.6) is 0 Å². The van der Waals surface area contributed by atoms with E-state index in [0.29, 0.717) is 23.8 Å². The van der Waals surface area contributed by atoms with Crippen molar-refractivity contribution in [2.24, 2.45) is 0 Å². The van der Waals surface area contributed by atoms with Crippen molar-refractivity contribution < 1.29 is 4.39 Å². The number of hydrogen-bond acceptors (Lipinski definition) is 3. The van der Waals surface area contributed by atoms with Crippen LogP contribution >= 0.6 is 0 Å². The summed E-state index contributed by atoms with van der Waals surface area (Å²) in [6.07, 6.45) is 4.80. The van der Waals surface area contributed by atoms with Gasteiger partial charge in [0, 0.05) is 24.7 Å². The summed E-state index contributed by atoms with van der Waals surface area (Å²) in [6, 6.07) is 17.0. The Kier molecular flexibility index (Phi) is 4.15. The van der Waals surface area contributed by atoms with Crippen molar-refractivity contribution in [2.75, 3.05) is 11.1 Å². The molecule has 3 nitrogen and oxygen atoms in total. The average Bonchev–Trinajstić information content (AvgIpc) is 2.81. The average molecular weight is 325 g/mol. The van der Waals surface area contributed by atoms with Gasteiger partial charge in [-0.3, -0.25) is 4.90 Å². The summed E-state index contributed by atoms with van der Waals surface area (Å²) in [4.78, 5) is 2.67. The normalized spacial score (nSPS) is 26.5. The minimum atomic E-state index is -0.282. The second-order valence-corrected chi connectivity index (χ2v) is 7.09. The molecule has 2 aromatic carbocycles. The summed E-state index contributed by atoms with van der Waals surface area (Å²) in [6.45, 7) is 1.04. The Labute approximate surface area is 142 Å². The van der Waals surface area contributed by atoms with Crippen LogP contribution in [0.25, 0.3) is 0 Å². The zero-order chi connectivity index (χ0) is 16.5. The third-order valence-electron chi connectivity index (χ3n) is 5.47. The number of benzene rings is 2. The zero-order valence-electron chi connectivity index (χ0n) is 13.8. The van der Waals surface area contributed by atoms with E-state index < -0.39 is 0 Å². The van der Waals surface area contributed by atoms with Crippen LogP contribution in [0.4, 0.5) is 15.8 Å². The van der Waals surface area contributed by atoms with Crippen molar-refractivity contribution in [1.29, 1.82) is 0 Å². The third-order valence-corrected chi connectivity index (χ3v) is 5.47. The first kappa shape index (κ1) is 15.5. The summed E-state index contributed by atoms with van der Waals surface area (Å²) in [5, 5.41) is 3.54. The highest BCUT2D eigenvalue weighted by atomic mass is 19.1. The zero-order valence-corrected chi connectivity index (χ0v) is 13.8. The highest BCUT2D eigenvalue weighted by Gasteiger charge is 2.40. The lowest BCUT2D eigenvalue weighted by Gasteiger charge is -2.39. The summed E-state index contributed by atoms with van der Waals surface area (Å²) in [7, 11) is 0. The first-order valence-corrected chi connectivity index (χ1v) is 8.80. The molecule has 0 aliphatic carbocycles. The number of anilines is 2. The summed E-state index contributed by atoms with van der Waals surface area (Å²) in [5.41, 5.74) is 8.69. The minimum Gasteiger partial charge on any atom is -0.397 e. The topological polar surface area (TPSA) is 41.3 Å². The number of nitrogens with zero attached hydrogens (tertiary/aromatic N) is 1. The van der Waals surface area contributed by atoms with Crippen LogP contribution in [0, 0.1) is 5.82 Å². The number of nitrogens with one attached hydrogen (secondary N) is 1. The number of hydrogen-bond donors (Lipinski definition) is 2. The van der Waals surface area contributed by atoms with Crippen molar-refractivity contribution in [3.8, 4) is 0 Å². The maximum Gasteiger partial charge on any atom is 0.125 e. The van der Waals surface area contributed by atoms with Crippen LogP contribution < -0.4 is 11.1 Å². The Bertz CT molecular complexity index is 689. The van der Waals surface area contributed by atoms with Gasteiger partial charge in [0.05, 0.1) is 11.4 Å². The van der Waals surface area contributed by atoms with Crippen LogP contribution in [0.15, 0.2) is 48.5 Å². The van der Waals surface area contributed by atoms with Gasteiger partial charge in [0.1, 0.15) is 5.82 Å². The maximum absolute atomic E-state index is 13.2. The van der Waals surface area contributed by atoms with Crippen molar-refractivity contribution in [3.63, 3.8) is 0 Å². The number of nitrogen functional groups attached to an aromatic ring is 1. The monoisotopic (exact) mass is 325 g/mol. The molecular formula is C20H24FN3. The van der Waals surface area contributed by atoms with Crippen molar-refractivity contribution in [1.82, 2.24) is 4.90 Å². The van der Waals surface area contributed by atoms with E-state index in [-0.39, 0.29) is 5.82 Å². The fourth-order valence-electron chi connectivity index (χ4n) is 4.33. The molecule has 0 amide bonds. The Morgan fingerprint density at radius 1 is 1.04 bits per heavy atom. The van der Waals surface area contributed by atoms with Crippen molar-refractivity contribution in [3.05, 3.63) is 59.9 Å². The molecule has 2 fully saturated rings. The number of halogens is 1. The third kappa shape index (κ3) is 3.11. The summed E-state index contributed by atoms with van der Waals surface area (Å²) < 4.78 is 13.2. The molecule has 0 radical (unpaired) electrons. The van der Waals surface area contributed by atoms with Gasteiger partial charge < -0.3 is 11.1 Å². The van der Waals surface area contributed by atoms with Gasteiger partial charge >= 0.3 is 0 Å². The molecule has 2 aliphatic rings. The lowest BCUT2D eigenvalue weighted by atomic mass is 9.96. The predicted molar refractivity (Wildman–Crippen MR) is 96.3 cm³/mol. The fourth-order valence-corrected chi connectivity index (χ4v) is 4.33. The van der Waals surface area contributed by atoms with Crippen LogP contribution in [-0.2, 0) is 6.54 Å². The molecule has 3 N–H and O–H groups in total. The van der Waals surface area contributed by atoms with E-state index in [9.17, 15) is 4.39 Å². The molecule has 4 rings (SSSR count). The Hall–Kier alpha value is -2.07. The van der Waals surface area contributed by atoms with Gasteiger partial charge in [-0.25, -0.2) is 4.39 Å². The van der Waals surface area contributed by atoms with E-state index in [0.717, 1.165) is 25.1 Å². The SMILES string of the molecule is Nc1cc(F)ccc1NC1C[C@H]2CC[C@@H](C1)N2Cc1ccccc1. The Morgan fingerprint density at radius 2 is 1.75 bits per heavy atom. The smallest absolute Gasteiger partial charge is 0.125 e. The van der Waals surface area contributed by atoms with E-state index in [1.54, 1.807) is 6.07 Å². The number of nitrogens with two attached hydrogens (primary N) is 1. The molecule has 24 heavy (non-hydrogen) atoms. The predicted octanol–water partition coefficient (Wildman–Crippen LogP) is 4.02. The quantitative estimate of drug-likeness (QED) is 0.834. The molecule has 3 atom stereocenters. The Balaban J connectivity index is 1.42. The highest BCUT2D eigenvalue weighted by Crippen LogP contribution is 2.38. The molecule has 2 saturated heterocycles. The highest BCUT2D eigenvalue weighted by molar-refractivity contribution is 5.66. The van der Waals surface area contributed by atoms with Gasteiger partial charge in [-0.05, 0) is 49.4 Å². The van der Waals surface area contributed by atoms with Crippen LogP contribution in [-0.4, -0.2) is 23.0 Å². The summed E-state index contributed by atoms with van der Waals surface area (Å²) >= 11 is 0. The van der Waals surface area contributed by atoms with Crippen molar-refractivity contribution >= 4 is 11.4 Å². The number of piperidine rings is 1. The molecule has 2 aromatic rings. The van der Waals surface area contributed by atoms with Crippen LogP contribution in [0.1, 0.15) is 31.2 Å². The molecule has 0 spiro atoms. The molecule has 2 aliphatic heterocycles. The van der Waals surface area contributed by atoms with Gasteiger partial charge in [0.15, 0.2) is 0 Å². The van der Waals surface area contributed by atoms with Gasteiger partial charge in [-0.15, -0.1) is 0 Å². The van der Waals surface area contributed by atoms with Crippen LogP contribution in [0.3, 0.4) is 0 Å². The molecular weight excluding hydrogens is 301 g/mol. The number of rotatable bonds is 4. The summed E-state index contributed by atoms with van der Waals surface area (Å²) in [5.74, 6) is -0.282. The Morgan fingerprint density at radius 3 is 2.42 bits per heavy atom. The molecule has 4 heteroatoms. The standard InChI is InChI=1S/C20H24FN3/c21-15-6-9-20(19(22)10-15)23-16-11-17-7-8-18(12-16)24(17)13-14-4-2-1-3-5-14/h1-6,9-10,16-18,23H,7-8,11-13,22H2/t16?,17-,18+. The van der Waals surface area contributed by atoms with E-state index in [1.807, 2.05) is 0 Å². The van der Waals surface area contributed by atoms with E-state index in [2.05, 4.69) is 40.5 Å². The first-order chi connectivity index (χ1) is 11.7. The number of fused-ring (bicyclic) bond motifs is 2. The second kappa shape index (κ2) is 6.44. The molecule has 0 aromatic heterocycles.